The summed E-state index contributed by atoms with van der Waals surface area (Å²) < 4.78 is 0. The van der Waals surface area contributed by atoms with Crippen LogP contribution in [0.3, 0.4) is 0 Å². The third kappa shape index (κ3) is 4.04. The minimum atomic E-state index is 0.585. The van der Waals surface area contributed by atoms with E-state index in [-0.39, 0.29) is 0 Å². The van der Waals surface area contributed by atoms with Crippen LogP contribution in [-0.2, 0) is 0 Å². The highest BCUT2D eigenvalue weighted by Gasteiger charge is 2.17. The fourth-order valence-electron chi connectivity index (χ4n) is 2.87. The van der Waals surface area contributed by atoms with Crippen molar-refractivity contribution >= 4 is 23.0 Å². The molecule has 2 atom stereocenters. The third-order valence-corrected chi connectivity index (χ3v) is 4.29. The molecule has 3 heteroatoms. The van der Waals surface area contributed by atoms with Gasteiger partial charge >= 0.3 is 0 Å². The molecule has 0 saturated heterocycles. The van der Waals surface area contributed by atoms with E-state index in [1.165, 1.54) is 37.8 Å². The van der Waals surface area contributed by atoms with E-state index in [1.54, 1.807) is 0 Å². The maximum Gasteiger partial charge on any atom is 0.0597 e. The molecule has 1 saturated carbocycles. The average Bonchev–Trinajstić information content (AvgIpc) is 2.54. The molecule has 19 heavy (non-hydrogen) atoms. The first-order chi connectivity index (χ1) is 9.06. The predicted octanol–water partition coefficient (Wildman–Crippen LogP) is 4.79. The van der Waals surface area contributed by atoms with Crippen LogP contribution in [0.15, 0.2) is 18.2 Å². The van der Waals surface area contributed by atoms with E-state index in [0.717, 1.165) is 16.6 Å². The summed E-state index contributed by atoms with van der Waals surface area (Å²) in [4.78, 5) is 2.14. The Bertz CT molecular complexity index is 417. The molecule has 1 aromatic carbocycles. The Morgan fingerprint density at radius 3 is 2.68 bits per heavy atom. The molecule has 0 bridgehead atoms. The van der Waals surface area contributed by atoms with Gasteiger partial charge in [-0.05, 0) is 43.4 Å². The number of hydrogen-bond donors (Lipinski definition) is 1. The number of nitrogens with zero attached hydrogens (tertiary/aromatic N) is 1. The molecule has 2 rings (SSSR count). The summed E-state index contributed by atoms with van der Waals surface area (Å²) in [6.45, 7) is 2.37. The molecule has 106 valence electrons. The van der Waals surface area contributed by atoms with Crippen molar-refractivity contribution in [1.29, 1.82) is 0 Å². The van der Waals surface area contributed by atoms with Gasteiger partial charge in [0.05, 0.1) is 11.4 Å². The molecule has 0 radical (unpaired) electrons. The Labute approximate surface area is 122 Å². The molecule has 0 aliphatic heterocycles. The second-order valence-electron chi connectivity index (χ2n) is 6.01. The highest BCUT2D eigenvalue weighted by molar-refractivity contribution is 6.31. The van der Waals surface area contributed by atoms with Crippen molar-refractivity contribution in [2.75, 3.05) is 24.3 Å². The Kier molecular flexibility index (Phi) is 4.98. The van der Waals surface area contributed by atoms with Gasteiger partial charge in [0, 0.05) is 25.2 Å². The first kappa shape index (κ1) is 14.5. The lowest BCUT2D eigenvalue weighted by molar-refractivity contribution is 0.502. The highest BCUT2D eigenvalue weighted by Crippen LogP contribution is 2.31. The zero-order valence-electron chi connectivity index (χ0n) is 12.2. The Morgan fingerprint density at radius 1 is 1.16 bits per heavy atom. The van der Waals surface area contributed by atoms with Crippen molar-refractivity contribution in [3.63, 3.8) is 0 Å². The van der Waals surface area contributed by atoms with E-state index in [4.69, 9.17) is 11.6 Å². The van der Waals surface area contributed by atoms with Crippen LogP contribution >= 0.6 is 11.6 Å². The molecule has 1 aliphatic rings. The standard InChI is InChI=1S/C16H25ClN2/c1-12-5-4-6-14(9-7-12)18-15-11-13(17)8-10-16(15)19(2)3/h8,10-12,14,18H,4-7,9H2,1-3H3. The van der Waals surface area contributed by atoms with Gasteiger partial charge in [-0.1, -0.05) is 31.4 Å². The number of benzene rings is 1. The van der Waals surface area contributed by atoms with Crippen LogP contribution in [0.5, 0.6) is 0 Å². The molecule has 0 aromatic heterocycles. The lowest BCUT2D eigenvalue weighted by Gasteiger charge is -2.23. The van der Waals surface area contributed by atoms with Crippen molar-refractivity contribution in [2.24, 2.45) is 5.92 Å². The molecule has 1 fully saturated rings. The van der Waals surface area contributed by atoms with Crippen LogP contribution in [0.2, 0.25) is 5.02 Å². The summed E-state index contributed by atoms with van der Waals surface area (Å²) in [5, 5.41) is 4.51. The molecule has 0 heterocycles. The van der Waals surface area contributed by atoms with Crippen LogP contribution in [0.4, 0.5) is 11.4 Å². The van der Waals surface area contributed by atoms with Gasteiger partial charge in [0.15, 0.2) is 0 Å². The first-order valence-electron chi connectivity index (χ1n) is 7.29. The zero-order chi connectivity index (χ0) is 13.8. The SMILES string of the molecule is CC1CCCC(Nc2cc(Cl)ccc2N(C)C)CC1. The maximum absolute atomic E-state index is 6.14. The summed E-state index contributed by atoms with van der Waals surface area (Å²) >= 11 is 6.14. The Balaban J connectivity index is 2.11. The van der Waals surface area contributed by atoms with Crippen LogP contribution in [0.1, 0.15) is 39.0 Å². The monoisotopic (exact) mass is 280 g/mol. The summed E-state index contributed by atoms with van der Waals surface area (Å²) in [5.41, 5.74) is 2.37. The smallest absolute Gasteiger partial charge is 0.0597 e. The van der Waals surface area contributed by atoms with E-state index in [1.807, 2.05) is 12.1 Å². The minimum Gasteiger partial charge on any atom is -0.381 e. The van der Waals surface area contributed by atoms with Crippen LogP contribution in [0, 0.1) is 5.92 Å². The summed E-state index contributed by atoms with van der Waals surface area (Å²) in [7, 11) is 4.15. The van der Waals surface area contributed by atoms with Crippen molar-refractivity contribution in [2.45, 2.75) is 45.1 Å². The van der Waals surface area contributed by atoms with Gasteiger partial charge in [-0.15, -0.1) is 0 Å². The molecule has 1 aromatic rings. The third-order valence-electron chi connectivity index (χ3n) is 4.06. The normalized spacial score (nSPS) is 23.8. The summed E-state index contributed by atoms with van der Waals surface area (Å²) in [5.74, 6) is 0.875. The lowest BCUT2D eigenvalue weighted by atomic mass is 10.0. The fraction of sp³-hybridized carbons (Fsp3) is 0.625. The van der Waals surface area contributed by atoms with Gasteiger partial charge in [-0.3, -0.25) is 0 Å². The van der Waals surface area contributed by atoms with E-state index in [2.05, 4.69) is 37.3 Å². The predicted molar refractivity (Wildman–Crippen MR) is 85.4 cm³/mol. The van der Waals surface area contributed by atoms with Gasteiger partial charge < -0.3 is 10.2 Å². The second-order valence-corrected chi connectivity index (χ2v) is 6.45. The van der Waals surface area contributed by atoms with Crippen molar-refractivity contribution in [3.05, 3.63) is 23.2 Å². The molecule has 2 nitrogen and oxygen atoms in total. The van der Waals surface area contributed by atoms with Crippen molar-refractivity contribution < 1.29 is 0 Å². The van der Waals surface area contributed by atoms with Crippen molar-refractivity contribution in [3.8, 4) is 0 Å². The quantitative estimate of drug-likeness (QED) is 0.801. The van der Waals surface area contributed by atoms with E-state index >= 15 is 0 Å². The molecule has 0 spiro atoms. The number of rotatable bonds is 3. The highest BCUT2D eigenvalue weighted by atomic mass is 35.5. The minimum absolute atomic E-state index is 0.585. The number of anilines is 2. The molecular formula is C16H25ClN2. The van der Waals surface area contributed by atoms with Gasteiger partial charge in [0.2, 0.25) is 0 Å². The Hall–Kier alpha value is -0.890. The van der Waals surface area contributed by atoms with E-state index in [0.29, 0.717) is 6.04 Å². The van der Waals surface area contributed by atoms with Gasteiger partial charge in [0.1, 0.15) is 0 Å². The molecule has 0 amide bonds. The molecule has 1 N–H and O–H groups in total. The number of halogens is 1. The largest absolute Gasteiger partial charge is 0.381 e. The summed E-state index contributed by atoms with van der Waals surface area (Å²) in [6, 6.07) is 6.68. The zero-order valence-corrected chi connectivity index (χ0v) is 13.0. The average molecular weight is 281 g/mol. The maximum atomic E-state index is 6.14. The van der Waals surface area contributed by atoms with E-state index in [9.17, 15) is 0 Å². The number of nitrogens with one attached hydrogen (secondary N) is 1. The summed E-state index contributed by atoms with van der Waals surface area (Å²) in [6.07, 6.45) is 6.56. The molecule has 2 unspecified atom stereocenters. The second kappa shape index (κ2) is 6.51. The molecular weight excluding hydrogens is 256 g/mol. The fourth-order valence-corrected chi connectivity index (χ4v) is 3.04. The van der Waals surface area contributed by atoms with Crippen LogP contribution in [-0.4, -0.2) is 20.1 Å². The topological polar surface area (TPSA) is 15.3 Å². The number of hydrogen-bond acceptors (Lipinski definition) is 2. The van der Waals surface area contributed by atoms with Crippen LogP contribution in [0.25, 0.3) is 0 Å². The first-order valence-corrected chi connectivity index (χ1v) is 7.67. The van der Waals surface area contributed by atoms with E-state index < -0.39 is 0 Å². The lowest BCUT2D eigenvalue weighted by Crippen LogP contribution is -2.21. The van der Waals surface area contributed by atoms with Crippen molar-refractivity contribution in [1.82, 2.24) is 0 Å². The van der Waals surface area contributed by atoms with Gasteiger partial charge in [0.25, 0.3) is 0 Å². The van der Waals surface area contributed by atoms with Gasteiger partial charge in [-0.2, -0.15) is 0 Å². The Morgan fingerprint density at radius 2 is 1.95 bits per heavy atom. The van der Waals surface area contributed by atoms with Gasteiger partial charge in [-0.25, -0.2) is 0 Å². The molecule has 1 aliphatic carbocycles. The van der Waals surface area contributed by atoms with Crippen LogP contribution < -0.4 is 10.2 Å².